The van der Waals surface area contributed by atoms with Crippen LogP contribution < -0.4 is 0 Å². The Morgan fingerprint density at radius 2 is 0.403 bits per heavy atom. The van der Waals surface area contributed by atoms with E-state index in [1.54, 1.807) is 0 Å². The molecule has 0 unspecified atom stereocenters. The third-order valence-corrected chi connectivity index (χ3v) is 25.4. The summed E-state index contributed by atoms with van der Waals surface area (Å²) in [4.78, 5) is 144. The highest BCUT2D eigenvalue weighted by Crippen LogP contribution is 2.45. The van der Waals surface area contributed by atoms with Gasteiger partial charge in [0, 0.05) is 91.0 Å². The molecule has 7 aromatic heterocycles. The number of Topliss-reactive ketones (excluding diaryl/α,β-unsaturated/α-hetero) is 4. The largest absolute Gasteiger partial charge is 0.321 e. The second-order valence-corrected chi connectivity index (χ2v) is 33.7. The van der Waals surface area contributed by atoms with Crippen molar-refractivity contribution in [2.24, 2.45) is 0 Å². The van der Waals surface area contributed by atoms with Gasteiger partial charge in [0.25, 0.3) is 0 Å². The lowest BCUT2D eigenvalue weighted by Gasteiger charge is -2.12. The van der Waals surface area contributed by atoms with Crippen LogP contribution in [0.4, 0.5) is 0 Å². The standard InChI is InChI=1S/C104H90N16O4/c1-5-9-13-17-21-41-77(121)57-45-49-65-61-33-25-29-37-69(61)81-85(73(65)53-57)109-93-89(105-81)97-113-101(93)117-98-90-94(110-86-74-54-58(78(122)42-22-18-14-10-6-2)46-50-66(74)62-34-26-30-38-70(62)82(86)106-90)103(114-98)119-100-92-96(112-88-76-56-60(80(124)44-24-20-16-12-8-4)48-52-68(76)64-36-28-32-40-72(64)84(88)108-92)104(116-100)120-99-91-95(102(115-99)118-97)111-87-75-55-59(79(123)43-23-19-15-11-7-3)47-51-67(75)63-35-27-31-39-71(63)83(87)107-91/h25-40,45-56H,5-24,41-44H2,1-4H3,(H2,113,114,115,116,117,118,119,120). The Kier molecular flexibility index (Phi) is 20.3. The normalized spacial score (nSPS) is 12.3. The molecule has 0 saturated heterocycles. The predicted octanol–water partition coefficient (Wildman–Crippen LogP) is 26.0. The van der Waals surface area contributed by atoms with Gasteiger partial charge in [-0.25, -0.2) is 69.8 Å². The van der Waals surface area contributed by atoms with Crippen molar-refractivity contribution in [3.05, 3.63) is 192 Å². The number of fused-ring (bicyclic) bond motifs is 44. The average Bonchev–Trinajstić information content (AvgIpc) is 1.21. The molecule has 12 aromatic carbocycles. The van der Waals surface area contributed by atoms with Gasteiger partial charge >= 0.3 is 0 Å². The van der Waals surface area contributed by atoms with E-state index in [9.17, 15) is 19.2 Å². The number of unbranched alkanes of at least 4 members (excludes halogenated alkanes) is 16. The first-order chi connectivity index (χ1) is 61.0. The summed E-state index contributed by atoms with van der Waals surface area (Å²) in [7, 11) is 0. The van der Waals surface area contributed by atoms with E-state index >= 15 is 0 Å². The monoisotopic (exact) mass is 1630 g/mol. The molecule has 8 bridgehead atoms. The maximum Gasteiger partial charge on any atom is 0.184 e. The zero-order valence-electron chi connectivity index (χ0n) is 70.0. The maximum absolute atomic E-state index is 14.4. The molecule has 2 aliphatic heterocycles. The maximum atomic E-state index is 14.4. The first kappa shape index (κ1) is 77.4. The van der Waals surface area contributed by atoms with Gasteiger partial charge in [-0.15, -0.1) is 0 Å². The lowest BCUT2D eigenvalue weighted by Crippen LogP contribution is -2.00. The molecule has 0 saturated carbocycles. The summed E-state index contributed by atoms with van der Waals surface area (Å²) in [5, 5.41) is 13.5. The zero-order valence-corrected chi connectivity index (χ0v) is 70.0. The molecule has 0 spiro atoms. The Morgan fingerprint density at radius 3 is 0.645 bits per heavy atom. The fourth-order valence-corrected chi connectivity index (χ4v) is 18.9. The Hall–Kier alpha value is -13.9. The fourth-order valence-electron chi connectivity index (χ4n) is 18.9. The number of H-pyrrole nitrogens is 2. The van der Waals surface area contributed by atoms with Gasteiger partial charge in [0.1, 0.15) is 44.8 Å². The number of aromatic amines is 2. The molecule has 0 radical (unpaired) electrons. The van der Waals surface area contributed by atoms with Gasteiger partial charge in [0.05, 0.1) is 44.1 Å². The van der Waals surface area contributed by atoms with E-state index in [1.165, 1.54) is 0 Å². The van der Waals surface area contributed by atoms with Crippen LogP contribution in [0.25, 0.3) is 221 Å². The molecule has 0 atom stereocenters. The Morgan fingerprint density at radius 1 is 0.202 bits per heavy atom. The molecule has 9 heterocycles. The third kappa shape index (κ3) is 13.6. The van der Waals surface area contributed by atoms with Crippen molar-refractivity contribution in [2.75, 3.05) is 0 Å². The molecular weight excluding hydrogens is 1540 g/mol. The summed E-state index contributed by atoms with van der Waals surface area (Å²) in [5.74, 6) is 0.725. The van der Waals surface area contributed by atoms with Crippen LogP contribution in [0.2, 0.25) is 0 Å². The summed E-state index contributed by atoms with van der Waals surface area (Å²) in [6.07, 6.45) is 21.9. The fraction of sp³-hybridized carbons (Fsp3) is 0.269. The minimum atomic E-state index is 0.0546. The molecule has 0 amide bonds. The zero-order chi connectivity index (χ0) is 83.8. The summed E-state index contributed by atoms with van der Waals surface area (Å²) in [5.41, 5.74) is 10.1. The molecular formula is C104H90N16O4. The van der Waals surface area contributed by atoms with E-state index in [0.29, 0.717) is 137 Å². The molecule has 20 heteroatoms. The average molecular weight is 1630 g/mol. The first-order valence-electron chi connectivity index (χ1n) is 44.6. The Labute approximate surface area is 712 Å². The highest BCUT2D eigenvalue weighted by molar-refractivity contribution is 6.29. The third-order valence-electron chi connectivity index (χ3n) is 25.4. The van der Waals surface area contributed by atoms with Crippen molar-refractivity contribution >= 4 is 198 Å². The SMILES string of the molecule is CCCCCCCC(=O)c1ccc2c3ccccc3c3nc4c(nc3c2c1)-c1nc-4nc2[nH]c(nc3nc(nc4[nH]c(n1)c1nc5c6ccccc6c6ccc(C(=O)CCCCCCC)cc6c5nc41)-c1nc4c5ccccc5c5ccc(C(=O)CCCCCCC)cc5c4nc1-3)c1nc3c4ccccc4c4ccc(C(=O)CCCCCCC)cc4c3nc21. The second kappa shape index (κ2) is 32.5. The van der Waals surface area contributed by atoms with Gasteiger partial charge in [-0.2, -0.15) is 0 Å². The summed E-state index contributed by atoms with van der Waals surface area (Å²) in [6, 6.07) is 56.2. The van der Waals surface area contributed by atoms with Crippen molar-refractivity contribution in [1.82, 2.24) is 79.7 Å². The number of carbonyl (C=O) groups is 4. The molecule has 124 heavy (non-hydrogen) atoms. The molecule has 20 nitrogen and oxygen atoms in total. The van der Waals surface area contributed by atoms with Gasteiger partial charge in [-0.1, -0.05) is 276 Å². The summed E-state index contributed by atoms with van der Waals surface area (Å²) >= 11 is 0. The minimum absolute atomic E-state index is 0.0546. The molecule has 2 aliphatic rings. The van der Waals surface area contributed by atoms with Crippen LogP contribution in [0.3, 0.4) is 0 Å². The number of hydrogen-bond donors (Lipinski definition) is 2. The summed E-state index contributed by atoms with van der Waals surface area (Å²) < 4.78 is 0. The molecule has 610 valence electrons. The summed E-state index contributed by atoms with van der Waals surface area (Å²) in [6.45, 7) is 8.77. The van der Waals surface area contributed by atoms with E-state index in [-0.39, 0.29) is 69.0 Å². The van der Waals surface area contributed by atoms with E-state index < -0.39 is 0 Å². The highest BCUT2D eigenvalue weighted by Gasteiger charge is 2.32. The van der Waals surface area contributed by atoms with Crippen molar-refractivity contribution in [3.63, 3.8) is 0 Å². The van der Waals surface area contributed by atoms with Gasteiger partial charge < -0.3 is 9.97 Å². The van der Waals surface area contributed by atoms with Crippen molar-refractivity contribution in [3.8, 4) is 46.1 Å². The number of hydrogen-bond acceptors (Lipinski definition) is 18. The molecule has 2 N–H and O–H groups in total. The minimum Gasteiger partial charge on any atom is -0.321 e. The quantitative estimate of drug-likeness (QED) is 0.0262. The topological polar surface area (TPSA) is 280 Å². The van der Waals surface area contributed by atoms with Gasteiger partial charge in [-0.05, 0) is 93.0 Å². The Bertz CT molecular complexity index is 7490. The number of carbonyl (C=O) groups excluding carboxylic acids is 4. The highest BCUT2D eigenvalue weighted by atomic mass is 16.1. The van der Waals surface area contributed by atoms with Crippen LogP contribution >= 0.6 is 0 Å². The molecule has 0 fully saturated rings. The lowest BCUT2D eigenvalue weighted by molar-refractivity contribution is 0.0971. The number of ketones is 4. The van der Waals surface area contributed by atoms with Gasteiger partial charge in [0.2, 0.25) is 0 Å². The molecule has 0 aliphatic carbocycles. The van der Waals surface area contributed by atoms with Crippen LogP contribution in [0, 0.1) is 0 Å². The van der Waals surface area contributed by atoms with Crippen LogP contribution in [0.5, 0.6) is 0 Å². The number of rotatable bonds is 28. The first-order valence-corrected chi connectivity index (χ1v) is 44.6. The number of benzene rings is 12. The van der Waals surface area contributed by atoms with Gasteiger partial charge in [0.15, 0.2) is 69.0 Å². The Balaban J connectivity index is 0.880. The van der Waals surface area contributed by atoms with Crippen molar-refractivity contribution in [2.45, 2.75) is 182 Å². The van der Waals surface area contributed by atoms with E-state index in [4.69, 9.17) is 69.8 Å². The van der Waals surface area contributed by atoms with E-state index in [0.717, 1.165) is 215 Å². The number of nitrogens with one attached hydrogen (secondary N) is 2. The van der Waals surface area contributed by atoms with E-state index in [2.05, 4.69) is 61.9 Å². The smallest absolute Gasteiger partial charge is 0.184 e. The lowest BCUT2D eigenvalue weighted by atomic mass is 9.95. The predicted molar refractivity (Wildman–Crippen MR) is 499 cm³/mol. The van der Waals surface area contributed by atoms with E-state index in [1.807, 2.05) is 146 Å². The number of aromatic nitrogens is 16. The van der Waals surface area contributed by atoms with Crippen LogP contribution in [0.1, 0.15) is 223 Å². The molecule has 19 aromatic rings. The van der Waals surface area contributed by atoms with Crippen LogP contribution in [-0.2, 0) is 0 Å². The van der Waals surface area contributed by atoms with Crippen LogP contribution in [-0.4, -0.2) is 103 Å². The van der Waals surface area contributed by atoms with Gasteiger partial charge in [-0.3, -0.25) is 19.2 Å². The van der Waals surface area contributed by atoms with Crippen molar-refractivity contribution in [1.29, 1.82) is 0 Å². The number of nitrogens with zero attached hydrogens (tertiary/aromatic N) is 14. The molecule has 21 rings (SSSR count). The van der Waals surface area contributed by atoms with Crippen molar-refractivity contribution < 1.29 is 19.2 Å². The second-order valence-electron chi connectivity index (χ2n) is 33.7. The van der Waals surface area contributed by atoms with Crippen LogP contribution in [0.15, 0.2) is 170 Å².